The summed E-state index contributed by atoms with van der Waals surface area (Å²) in [4.78, 5) is 13.5. The van der Waals surface area contributed by atoms with Crippen LogP contribution in [-0.2, 0) is 4.79 Å². The highest BCUT2D eigenvalue weighted by Gasteiger charge is 2.05. The van der Waals surface area contributed by atoms with Gasteiger partial charge in [-0.1, -0.05) is 18.2 Å². The Morgan fingerprint density at radius 1 is 1.43 bits per heavy atom. The SMILES string of the molecule is CC([C]=O)Nc1c[nH]c2ccccc12. The Kier molecular flexibility index (Phi) is 2.23. The molecule has 0 spiro atoms. The van der Waals surface area contributed by atoms with Gasteiger partial charge in [-0.15, -0.1) is 0 Å². The van der Waals surface area contributed by atoms with E-state index < -0.39 is 0 Å². The van der Waals surface area contributed by atoms with E-state index in [1.807, 2.05) is 36.7 Å². The molecule has 1 atom stereocenters. The molecule has 2 N–H and O–H groups in total. The number of aromatic nitrogens is 1. The summed E-state index contributed by atoms with van der Waals surface area (Å²) >= 11 is 0. The van der Waals surface area contributed by atoms with E-state index in [9.17, 15) is 4.79 Å². The number of aromatic amines is 1. The highest BCUT2D eigenvalue weighted by Crippen LogP contribution is 2.22. The summed E-state index contributed by atoms with van der Waals surface area (Å²) in [5.41, 5.74) is 2.00. The molecule has 2 rings (SSSR count). The van der Waals surface area contributed by atoms with Crippen LogP contribution in [0.3, 0.4) is 0 Å². The lowest BCUT2D eigenvalue weighted by Crippen LogP contribution is -2.15. The Labute approximate surface area is 82.1 Å². The molecular formula is C11H11N2O. The van der Waals surface area contributed by atoms with Crippen molar-refractivity contribution in [1.82, 2.24) is 4.98 Å². The molecular weight excluding hydrogens is 176 g/mol. The first-order valence-electron chi connectivity index (χ1n) is 4.51. The summed E-state index contributed by atoms with van der Waals surface area (Å²) in [5, 5.41) is 4.15. The summed E-state index contributed by atoms with van der Waals surface area (Å²) in [6.07, 6.45) is 3.75. The zero-order chi connectivity index (χ0) is 9.97. The Morgan fingerprint density at radius 2 is 2.21 bits per heavy atom. The van der Waals surface area contributed by atoms with Gasteiger partial charge >= 0.3 is 0 Å². The van der Waals surface area contributed by atoms with Crippen LogP contribution in [0.15, 0.2) is 30.5 Å². The van der Waals surface area contributed by atoms with Gasteiger partial charge in [0.2, 0.25) is 6.29 Å². The number of rotatable bonds is 3. The molecule has 1 aromatic heterocycles. The van der Waals surface area contributed by atoms with E-state index >= 15 is 0 Å². The molecule has 3 nitrogen and oxygen atoms in total. The van der Waals surface area contributed by atoms with Crippen LogP contribution in [0.4, 0.5) is 5.69 Å². The predicted molar refractivity (Wildman–Crippen MR) is 57.1 cm³/mol. The van der Waals surface area contributed by atoms with E-state index in [2.05, 4.69) is 10.3 Å². The molecule has 1 radical (unpaired) electrons. The zero-order valence-corrected chi connectivity index (χ0v) is 7.87. The lowest BCUT2D eigenvalue weighted by atomic mass is 10.2. The largest absolute Gasteiger partial charge is 0.373 e. The third-order valence-electron chi connectivity index (χ3n) is 2.14. The number of H-pyrrole nitrogens is 1. The van der Waals surface area contributed by atoms with Crippen molar-refractivity contribution in [3.63, 3.8) is 0 Å². The number of fused-ring (bicyclic) bond motifs is 1. The first-order valence-corrected chi connectivity index (χ1v) is 4.51. The second-order valence-electron chi connectivity index (χ2n) is 3.23. The Morgan fingerprint density at radius 3 is 3.00 bits per heavy atom. The van der Waals surface area contributed by atoms with Gasteiger partial charge < -0.3 is 10.3 Å². The standard InChI is InChI=1S/C11H11N2O/c1-8(7-14)13-11-6-12-10-5-3-2-4-9(10)11/h2-6,8,12-13H,1H3. The summed E-state index contributed by atoms with van der Waals surface area (Å²) in [7, 11) is 0. The molecule has 0 fully saturated rings. The summed E-state index contributed by atoms with van der Waals surface area (Å²) in [6.45, 7) is 1.77. The van der Waals surface area contributed by atoms with Crippen LogP contribution in [0.1, 0.15) is 6.92 Å². The van der Waals surface area contributed by atoms with E-state index in [0.717, 1.165) is 16.6 Å². The van der Waals surface area contributed by atoms with Crippen LogP contribution in [0, 0.1) is 0 Å². The number of hydrogen-bond acceptors (Lipinski definition) is 2. The quantitative estimate of drug-likeness (QED) is 0.772. The first-order chi connectivity index (χ1) is 6.81. The molecule has 0 bridgehead atoms. The van der Waals surface area contributed by atoms with Gasteiger partial charge in [0.1, 0.15) is 0 Å². The number of anilines is 1. The molecule has 1 heterocycles. The minimum absolute atomic E-state index is 0.283. The van der Waals surface area contributed by atoms with E-state index in [-0.39, 0.29) is 6.04 Å². The van der Waals surface area contributed by atoms with Crippen molar-refractivity contribution in [3.8, 4) is 0 Å². The Balaban J connectivity index is 2.38. The van der Waals surface area contributed by atoms with Crippen molar-refractivity contribution in [2.75, 3.05) is 5.32 Å². The fourth-order valence-electron chi connectivity index (χ4n) is 1.45. The van der Waals surface area contributed by atoms with Gasteiger partial charge in [-0.2, -0.15) is 0 Å². The number of hydrogen-bond donors (Lipinski definition) is 2. The average molecular weight is 187 g/mol. The van der Waals surface area contributed by atoms with Crippen molar-refractivity contribution < 1.29 is 4.79 Å². The van der Waals surface area contributed by atoms with Gasteiger partial charge in [-0.25, -0.2) is 0 Å². The van der Waals surface area contributed by atoms with Crippen LogP contribution in [0.5, 0.6) is 0 Å². The Bertz CT molecular complexity index is 447. The molecule has 0 aliphatic carbocycles. The molecule has 3 heteroatoms. The second-order valence-corrected chi connectivity index (χ2v) is 3.23. The van der Waals surface area contributed by atoms with Gasteiger partial charge in [0, 0.05) is 17.1 Å². The molecule has 0 saturated heterocycles. The Hall–Kier alpha value is -1.77. The molecule has 0 aliphatic heterocycles. The summed E-state index contributed by atoms with van der Waals surface area (Å²) in [5.74, 6) is 0. The van der Waals surface area contributed by atoms with Crippen LogP contribution in [0.2, 0.25) is 0 Å². The van der Waals surface area contributed by atoms with Crippen molar-refractivity contribution in [2.24, 2.45) is 0 Å². The van der Waals surface area contributed by atoms with Crippen molar-refractivity contribution in [3.05, 3.63) is 30.5 Å². The number of benzene rings is 1. The van der Waals surface area contributed by atoms with Crippen molar-refractivity contribution in [2.45, 2.75) is 13.0 Å². The molecule has 0 aliphatic rings. The van der Waals surface area contributed by atoms with Gasteiger partial charge in [-0.05, 0) is 13.0 Å². The topological polar surface area (TPSA) is 44.9 Å². The lowest BCUT2D eigenvalue weighted by molar-refractivity contribution is 0.549. The van der Waals surface area contributed by atoms with Crippen LogP contribution < -0.4 is 5.32 Å². The van der Waals surface area contributed by atoms with Crippen molar-refractivity contribution >= 4 is 22.9 Å². The number of carbonyl (C=O) groups excluding carboxylic acids is 1. The predicted octanol–water partition coefficient (Wildman–Crippen LogP) is 2.08. The lowest BCUT2D eigenvalue weighted by Gasteiger charge is -2.05. The van der Waals surface area contributed by atoms with E-state index in [0.29, 0.717) is 0 Å². The third-order valence-corrected chi connectivity index (χ3v) is 2.14. The van der Waals surface area contributed by atoms with Gasteiger partial charge in [0.25, 0.3) is 0 Å². The maximum Gasteiger partial charge on any atom is 0.222 e. The first kappa shape index (κ1) is 8.81. The third kappa shape index (κ3) is 1.48. The molecule has 1 unspecified atom stereocenters. The minimum Gasteiger partial charge on any atom is -0.373 e. The van der Waals surface area contributed by atoms with Crippen LogP contribution in [0.25, 0.3) is 10.9 Å². The average Bonchev–Trinajstić information content (AvgIpc) is 2.62. The normalized spacial score (nSPS) is 12.6. The highest BCUT2D eigenvalue weighted by molar-refractivity contribution is 5.93. The molecule has 1 aromatic carbocycles. The van der Waals surface area contributed by atoms with Crippen LogP contribution in [-0.4, -0.2) is 17.3 Å². The zero-order valence-electron chi connectivity index (χ0n) is 7.87. The molecule has 2 aromatic rings. The summed E-state index contributed by atoms with van der Waals surface area (Å²) < 4.78 is 0. The van der Waals surface area contributed by atoms with E-state index in [1.165, 1.54) is 0 Å². The maximum absolute atomic E-state index is 10.4. The monoisotopic (exact) mass is 187 g/mol. The fraction of sp³-hybridized carbons (Fsp3) is 0.182. The number of para-hydroxylation sites is 1. The highest BCUT2D eigenvalue weighted by atomic mass is 16.1. The van der Waals surface area contributed by atoms with E-state index in [4.69, 9.17) is 0 Å². The smallest absolute Gasteiger partial charge is 0.222 e. The summed E-state index contributed by atoms with van der Waals surface area (Å²) in [6, 6.07) is 7.66. The molecule has 0 saturated carbocycles. The van der Waals surface area contributed by atoms with Gasteiger partial charge in [0.15, 0.2) is 0 Å². The number of nitrogens with one attached hydrogen (secondary N) is 2. The van der Waals surface area contributed by atoms with Crippen LogP contribution >= 0.6 is 0 Å². The van der Waals surface area contributed by atoms with Crippen molar-refractivity contribution in [1.29, 1.82) is 0 Å². The molecule has 14 heavy (non-hydrogen) atoms. The van der Waals surface area contributed by atoms with Gasteiger partial charge in [0.05, 0.1) is 11.7 Å². The molecule has 0 amide bonds. The van der Waals surface area contributed by atoms with Gasteiger partial charge in [-0.3, -0.25) is 4.79 Å². The molecule has 71 valence electrons. The maximum atomic E-state index is 10.4. The fourth-order valence-corrected chi connectivity index (χ4v) is 1.45. The minimum atomic E-state index is -0.283. The van der Waals surface area contributed by atoms with E-state index in [1.54, 1.807) is 6.92 Å². The second kappa shape index (κ2) is 3.54.